The molecule has 0 aromatic heterocycles. The molecule has 1 saturated heterocycles. The molecule has 1 N–H and O–H groups in total. The predicted octanol–water partition coefficient (Wildman–Crippen LogP) is 3.86. The van der Waals surface area contributed by atoms with Crippen LogP contribution in [0.3, 0.4) is 0 Å². The van der Waals surface area contributed by atoms with Gasteiger partial charge in [-0.2, -0.15) is 0 Å². The number of amides is 1. The van der Waals surface area contributed by atoms with E-state index in [1.807, 2.05) is 36.4 Å². The molecule has 1 unspecified atom stereocenters. The Hall–Kier alpha value is -2.18. The Balaban J connectivity index is 1.61. The lowest BCUT2D eigenvalue weighted by molar-refractivity contribution is -0.150. The van der Waals surface area contributed by atoms with Crippen LogP contribution in [0.5, 0.6) is 5.75 Å². The molecule has 1 fully saturated rings. The molecule has 0 spiro atoms. The van der Waals surface area contributed by atoms with Gasteiger partial charge in [-0.1, -0.05) is 48.0 Å². The van der Waals surface area contributed by atoms with E-state index in [2.05, 4.69) is 0 Å². The molecule has 0 aliphatic carbocycles. The maximum Gasteiger partial charge on any atom is 0.260 e. The molecule has 2 aromatic carbocycles. The van der Waals surface area contributed by atoms with Crippen LogP contribution in [0.4, 0.5) is 8.78 Å². The summed E-state index contributed by atoms with van der Waals surface area (Å²) in [6.45, 7) is -1.21. The summed E-state index contributed by atoms with van der Waals surface area (Å²) in [5.74, 6) is -4.26. The van der Waals surface area contributed by atoms with Crippen molar-refractivity contribution in [3.8, 4) is 16.9 Å². The second-order valence-electron chi connectivity index (χ2n) is 6.53. The average Bonchev–Trinajstić information content (AvgIpc) is 2.67. The first-order chi connectivity index (χ1) is 12.9. The van der Waals surface area contributed by atoms with Gasteiger partial charge in [0.25, 0.3) is 11.8 Å². The monoisotopic (exact) mass is 395 g/mol. The summed E-state index contributed by atoms with van der Waals surface area (Å²) in [6, 6.07) is 15.0. The van der Waals surface area contributed by atoms with Gasteiger partial charge in [-0.15, -0.1) is 0 Å². The average molecular weight is 396 g/mol. The Bertz CT molecular complexity index is 801. The summed E-state index contributed by atoms with van der Waals surface area (Å²) in [7, 11) is 0. The number of carbonyl (C=O) groups excluding carboxylic acids is 1. The van der Waals surface area contributed by atoms with Crippen LogP contribution in [-0.2, 0) is 4.79 Å². The van der Waals surface area contributed by atoms with Crippen LogP contribution in [0, 0.1) is 5.92 Å². The summed E-state index contributed by atoms with van der Waals surface area (Å²) in [5.41, 5.74) is 1.93. The molecular formula is C20H20ClF2NO3. The van der Waals surface area contributed by atoms with E-state index in [1.165, 1.54) is 4.90 Å². The van der Waals surface area contributed by atoms with Gasteiger partial charge in [0, 0.05) is 19.5 Å². The smallest absolute Gasteiger partial charge is 0.260 e. The van der Waals surface area contributed by atoms with Gasteiger partial charge >= 0.3 is 0 Å². The number of halogens is 3. The third-order valence-electron chi connectivity index (χ3n) is 4.72. The van der Waals surface area contributed by atoms with E-state index in [0.29, 0.717) is 10.8 Å². The fourth-order valence-electron chi connectivity index (χ4n) is 3.06. The van der Waals surface area contributed by atoms with Crippen LogP contribution in [0.15, 0.2) is 48.5 Å². The van der Waals surface area contributed by atoms with Crippen LogP contribution in [0.25, 0.3) is 11.1 Å². The number of benzene rings is 2. The largest absolute Gasteiger partial charge is 0.482 e. The van der Waals surface area contributed by atoms with E-state index in [9.17, 15) is 13.6 Å². The van der Waals surface area contributed by atoms with E-state index in [1.54, 1.807) is 12.1 Å². The predicted molar refractivity (Wildman–Crippen MR) is 99.1 cm³/mol. The fourth-order valence-corrected chi connectivity index (χ4v) is 3.29. The Kier molecular flexibility index (Phi) is 5.97. The summed E-state index contributed by atoms with van der Waals surface area (Å²) >= 11 is 6.25. The summed E-state index contributed by atoms with van der Waals surface area (Å²) in [6.07, 6.45) is -0.462. The highest BCUT2D eigenvalue weighted by Crippen LogP contribution is 2.33. The molecule has 1 heterocycles. The van der Waals surface area contributed by atoms with Gasteiger partial charge in [-0.3, -0.25) is 4.79 Å². The molecule has 7 heteroatoms. The SMILES string of the molecule is O=C(COc1ccc(-c2ccccc2)cc1Cl)N1CCC(F)(F)C(CO)C1. The maximum absolute atomic E-state index is 13.6. The topological polar surface area (TPSA) is 49.8 Å². The van der Waals surface area contributed by atoms with Crippen molar-refractivity contribution in [1.82, 2.24) is 4.90 Å². The summed E-state index contributed by atoms with van der Waals surface area (Å²) < 4.78 is 32.8. The number of piperidine rings is 1. The Morgan fingerprint density at radius 2 is 1.96 bits per heavy atom. The van der Waals surface area contributed by atoms with Crippen LogP contribution < -0.4 is 4.74 Å². The number of likely N-dealkylation sites (tertiary alicyclic amines) is 1. The Morgan fingerprint density at radius 3 is 2.63 bits per heavy atom. The minimum Gasteiger partial charge on any atom is -0.482 e. The lowest BCUT2D eigenvalue weighted by Gasteiger charge is -2.37. The van der Waals surface area contributed by atoms with Crippen molar-refractivity contribution in [2.75, 3.05) is 26.3 Å². The molecule has 3 rings (SSSR count). The summed E-state index contributed by atoms with van der Waals surface area (Å²) in [4.78, 5) is 13.6. The van der Waals surface area contributed by atoms with Gasteiger partial charge < -0.3 is 14.7 Å². The number of hydrogen-bond acceptors (Lipinski definition) is 3. The van der Waals surface area contributed by atoms with Crippen molar-refractivity contribution < 1.29 is 23.4 Å². The molecular weight excluding hydrogens is 376 g/mol. The van der Waals surface area contributed by atoms with Crippen molar-refractivity contribution >= 4 is 17.5 Å². The number of ether oxygens (including phenoxy) is 1. The first-order valence-electron chi connectivity index (χ1n) is 8.65. The van der Waals surface area contributed by atoms with Crippen molar-refractivity contribution in [3.05, 3.63) is 53.6 Å². The van der Waals surface area contributed by atoms with Gasteiger partial charge in [0.05, 0.1) is 17.5 Å². The number of rotatable bonds is 5. The highest BCUT2D eigenvalue weighted by molar-refractivity contribution is 6.32. The van der Waals surface area contributed by atoms with E-state index in [0.717, 1.165) is 11.1 Å². The number of hydrogen-bond donors (Lipinski definition) is 1. The number of aliphatic hydroxyl groups excluding tert-OH is 1. The first-order valence-corrected chi connectivity index (χ1v) is 9.03. The van der Waals surface area contributed by atoms with Gasteiger partial charge in [0.2, 0.25) is 0 Å². The number of carbonyl (C=O) groups is 1. The van der Waals surface area contributed by atoms with Crippen LogP contribution in [-0.4, -0.2) is 48.1 Å². The molecule has 2 aromatic rings. The number of nitrogens with zero attached hydrogens (tertiary/aromatic N) is 1. The second-order valence-corrected chi connectivity index (χ2v) is 6.94. The Morgan fingerprint density at radius 1 is 1.22 bits per heavy atom. The van der Waals surface area contributed by atoms with E-state index < -0.39 is 30.8 Å². The molecule has 0 saturated carbocycles. The normalized spacial score (nSPS) is 19.0. The zero-order valence-corrected chi connectivity index (χ0v) is 15.3. The second kappa shape index (κ2) is 8.23. The molecule has 1 atom stereocenters. The Labute approximate surface area is 161 Å². The van der Waals surface area contributed by atoms with Crippen molar-refractivity contribution in [2.45, 2.75) is 12.3 Å². The van der Waals surface area contributed by atoms with Gasteiger partial charge in [-0.25, -0.2) is 8.78 Å². The zero-order chi connectivity index (χ0) is 19.4. The minimum atomic E-state index is -2.96. The van der Waals surface area contributed by atoms with E-state index in [-0.39, 0.29) is 19.7 Å². The molecule has 27 heavy (non-hydrogen) atoms. The molecule has 0 bridgehead atoms. The van der Waals surface area contributed by atoms with Crippen LogP contribution >= 0.6 is 11.6 Å². The van der Waals surface area contributed by atoms with Gasteiger partial charge in [0.1, 0.15) is 5.75 Å². The molecule has 1 aliphatic heterocycles. The third-order valence-corrected chi connectivity index (χ3v) is 5.01. The lowest BCUT2D eigenvalue weighted by atomic mass is 9.94. The zero-order valence-electron chi connectivity index (χ0n) is 14.6. The van der Waals surface area contributed by atoms with E-state index in [4.69, 9.17) is 21.4 Å². The molecule has 4 nitrogen and oxygen atoms in total. The van der Waals surface area contributed by atoms with Crippen LogP contribution in [0.2, 0.25) is 5.02 Å². The molecule has 1 aliphatic rings. The minimum absolute atomic E-state index is 0.0631. The molecule has 144 valence electrons. The lowest BCUT2D eigenvalue weighted by Crippen LogP contribution is -2.51. The standard InChI is InChI=1S/C20H20ClF2NO3/c21-17-10-15(14-4-2-1-3-5-14)6-7-18(17)27-13-19(26)24-9-8-20(22,23)16(11-24)12-25/h1-7,10,16,25H,8-9,11-13H2. The maximum atomic E-state index is 13.6. The first kappa shape index (κ1) is 19.6. The van der Waals surface area contributed by atoms with Crippen molar-refractivity contribution in [3.63, 3.8) is 0 Å². The third kappa shape index (κ3) is 4.57. The number of alkyl halides is 2. The fraction of sp³-hybridized carbons (Fsp3) is 0.350. The van der Waals surface area contributed by atoms with Crippen LogP contribution in [0.1, 0.15) is 6.42 Å². The highest BCUT2D eigenvalue weighted by atomic mass is 35.5. The quantitative estimate of drug-likeness (QED) is 0.836. The van der Waals surface area contributed by atoms with Gasteiger partial charge in [0.15, 0.2) is 6.61 Å². The number of aliphatic hydroxyl groups is 1. The summed E-state index contributed by atoms with van der Waals surface area (Å²) in [5, 5.41) is 9.49. The van der Waals surface area contributed by atoms with Crippen molar-refractivity contribution in [2.24, 2.45) is 5.92 Å². The van der Waals surface area contributed by atoms with Crippen molar-refractivity contribution in [1.29, 1.82) is 0 Å². The molecule has 1 amide bonds. The van der Waals surface area contributed by atoms with E-state index >= 15 is 0 Å². The van der Waals surface area contributed by atoms with Gasteiger partial charge in [-0.05, 0) is 23.3 Å². The molecule has 0 radical (unpaired) electrons. The highest BCUT2D eigenvalue weighted by Gasteiger charge is 2.44.